The number of amides is 1. The van der Waals surface area contributed by atoms with E-state index in [0.717, 1.165) is 12.0 Å². The molecule has 0 aromatic heterocycles. The zero-order valence-electron chi connectivity index (χ0n) is 16.7. The number of nitrogens with one attached hydrogen (secondary N) is 1. The van der Waals surface area contributed by atoms with E-state index in [1.807, 2.05) is 36.4 Å². The molecule has 5 heteroatoms. The van der Waals surface area contributed by atoms with Crippen LogP contribution < -0.4 is 5.32 Å². The molecular formula is C24H29FN2O2. The summed E-state index contributed by atoms with van der Waals surface area (Å²) in [5.74, 6) is 0.563. The van der Waals surface area contributed by atoms with E-state index in [-0.39, 0.29) is 12.7 Å². The largest absolute Gasteiger partial charge is 0.445 e. The molecule has 2 aliphatic rings. The van der Waals surface area contributed by atoms with Crippen LogP contribution in [-0.2, 0) is 11.3 Å². The van der Waals surface area contributed by atoms with Crippen molar-refractivity contribution in [3.05, 3.63) is 71.8 Å². The van der Waals surface area contributed by atoms with Crippen molar-refractivity contribution in [2.24, 2.45) is 0 Å². The molecule has 0 radical (unpaired) electrons. The number of nitrogens with zero attached hydrogens (tertiary/aromatic N) is 1. The number of benzene rings is 2. The molecular weight excluding hydrogens is 367 g/mol. The van der Waals surface area contributed by atoms with Gasteiger partial charge in [0.15, 0.2) is 0 Å². The summed E-state index contributed by atoms with van der Waals surface area (Å²) >= 11 is 0. The second-order valence-electron chi connectivity index (χ2n) is 8.24. The molecule has 2 atom stereocenters. The molecule has 2 aromatic rings. The normalized spacial score (nSPS) is 22.9. The maximum atomic E-state index is 15.1. The van der Waals surface area contributed by atoms with E-state index in [1.54, 1.807) is 4.90 Å². The lowest BCUT2D eigenvalue weighted by Gasteiger charge is -2.36. The Morgan fingerprint density at radius 3 is 2.41 bits per heavy atom. The predicted molar refractivity (Wildman–Crippen MR) is 111 cm³/mol. The fourth-order valence-electron chi connectivity index (χ4n) is 4.12. The molecule has 4 nitrogen and oxygen atoms in total. The second-order valence-corrected chi connectivity index (χ2v) is 8.24. The summed E-state index contributed by atoms with van der Waals surface area (Å²) in [5, 5.41) is 3.50. The van der Waals surface area contributed by atoms with Crippen LogP contribution in [0, 0.1) is 0 Å². The summed E-state index contributed by atoms with van der Waals surface area (Å²) in [5.41, 5.74) is 1.13. The molecule has 0 unspecified atom stereocenters. The predicted octanol–water partition coefficient (Wildman–Crippen LogP) is 4.66. The summed E-state index contributed by atoms with van der Waals surface area (Å²) in [6.07, 6.45) is 2.03. The summed E-state index contributed by atoms with van der Waals surface area (Å²) in [6.45, 7) is 1.77. The zero-order valence-corrected chi connectivity index (χ0v) is 16.7. The first kappa shape index (κ1) is 19.9. The number of alkyl halides is 1. The fourth-order valence-corrected chi connectivity index (χ4v) is 4.12. The van der Waals surface area contributed by atoms with Crippen molar-refractivity contribution in [2.75, 3.05) is 19.6 Å². The number of carbonyl (C=O) groups excluding carboxylic acids is 1. The number of likely N-dealkylation sites (tertiary alicyclic amines) is 1. The minimum atomic E-state index is -1.19. The van der Waals surface area contributed by atoms with Crippen LogP contribution in [0.1, 0.15) is 42.7 Å². The SMILES string of the molecule is O=C(OCc1ccccc1)N1CCC(F)(CCN[C@@H]2C[C@H]2c2ccccc2)CC1. The minimum Gasteiger partial charge on any atom is -0.445 e. The van der Waals surface area contributed by atoms with Gasteiger partial charge in [-0.2, -0.15) is 0 Å². The molecule has 1 N–H and O–H groups in total. The second kappa shape index (κ2) is 8.95. The van der Waals surface area contributed by atoms with Gasteiger partial charge in [0, 0.05) is 25.0 Å². The Bertz CT molecular complexity index is 791. The van der Waals surface area contributed by atoms with Crippen LogP contribution in [0.3, 0.4) is 0 Å². The van der Waals surface area contributed by atoms with Gasteiger partial charge in [-0.1, -0.05) is 60.7 Å². The minimum absolute atomic E-state index is 0.255. The maximum Gasteiger partial charge on any atom is 0.410 e. The van der Waals surface area contributed by atoms with Crippen LogP contribution in [0.4, 0.5) is 9.18 Å². The maximum absolute atomic E-state index is 15.1. The molecule has 1 saturated heterocycles. The van der Waals surface area contributed by atoms with E-state index in [1.165, 1.54) is 5.56 Å². The molecule has 29 heavy (non-hydrogen) atoms. The average molecular weight is 397 g/mol. The highest BCUT2D eigenvalue weighted by molar-refractivity contribution is 5.67. The lowest BCUT2D eigenvalue weighted by Crippen LogP contribution is -2.45. The molecule has 1 heterocycles. The van der Waals surface area contributed by atoms with Crippen molar-refractivity contribution in [3.8, 4) is 0 Å². The summed E-state index contributed by atoms with van der Waals surface area (Å²) in [6, 6.07) is 20.6. The number of hydrogen-bond donors (Lipinski definition) is 1. The molecule has 1 amide bonds. The fraction of sp³-hybridized carbons (Fsp3) is 0.458. The van der Waals surface area contributed by atoms with Crippen molar-refractivity contribution in [2.45, 2.75) is 49.9 Å². The Balaban J connectivity index is 1.15. The van der Waals surface area contributed by atoms with Crippen molar-refractivity contribution < 1.29 is 13.9 Å². The number of piperidine rings is 1. The van der Waals surface area contributed by atoms with Gasteiger partial charge < -0.3 is 15.0 Å². The molecule has 2 fully saturated rings. The highest BCUT2D eigenvalue weighted by Crippen LogP contribution is 2.41. The molecule has 2 aromatic carbocycles. The van der Waals surface area contributed by atoms with Crippen LogP contribution >= 0.6 is 0 Å². The zero-order chi connectivity index (χ0) is 20.1. The van der Waals surface area contributed by atoms with Gasteiger partial charge in [0.05, 0.1) is 0 Å². The van der Waals surface area contributed by atoms with Crippen molar-refractivity contribution in [1.29, 1.82) is 0 Å². The van der Waals surface area contributed by atoms with Gasteiger partial charge in [0.25, 0.3) is 0 Å². The molecule has 1 aliphatic heterocycles. The Kier molecular flexibility index (Phi) is 6.14. The number of carbonyl (C=O) groups is 1. The molecule has 0 spiro atoms. The summed E-state index contributed by atoms with van der Waals surface area (Å²) in [4.78, 5) is 13.9. The van der Waals surface area contributed by atoms with E-state index in [0.29, 0.717) is 50.9 Å². The van der Waals surface area contributed by atoms with Gasteiger partial charge in [-0.15, -0.1) is 0 Å². The Labute approximate surface area is 172 Å². The molecule has 154 valence electrons. The standard InChI is InChI=1S/C24H29FN2O2/c25-24(11-14-26-22-17-21(22)20-9-5-2-6-10-20)12-15-27(16-13-24)23(28)29-18-19-7-3-1-4-8-19/h1-10,21-22,26H,11-18H2/t21-,22+/m0/s1. The van der Waals surface area contributed by atoms with Gasteiger partial charge >= 0.3 is 6.09 Å². The molecule has 1 aliphatic carbocycles. The van der Waals surface area contributed by atoms with Gasteiger partial charge in [-0.05, 0) is 43.4 Å². The van der Waals surface area contributed by atoms with Crippen LogP contribution in [0.15, 0.2) is 60.7 Å². The average Bonchev–Trinajstić information content (AvgIpc) is 3.53. The van der Waals surface area contributed by atoms with Crippen molar-refractivity contribution in [3.63, 3.8) is 0 Å². The molecule has 4 rings (SSSR count). The third kappa shape index (κ3) is 5.36. The lowest BCUT2D eigenvalue weighted by molar-refractivity contribution is 0.0366. The molecule has 0 bridgehead atoms. The lowest BCUT2D eigenvalue weighted by atomic mass is 9.90. The first-order valence-corrected chi connectivity index (χ1v) is 10.6. The van der Waals surface area contributed by atoms with E-state index in [2.05, 4.69) is 29.6 Å². The van der Waals surface area contributed by atoms with Crippen LogP contribution in [0.2, 0.25) is 0 Å². The smallest absolute Gasteiger partial charge is 0.410 e. The number of halogens is 1. The summed E-state index contributed by atoms with van der Waals surface area (Å²) < 4.78 is 20.5. The number of ether oxygens (including phenoxy) is 1. The number of hydrogen-bond acceptors (Lipinski definition) is 3. The van der Waals surface area contributed by atoms with Crippen LogP contribution in [0.5, 0.6) is 0 Å². The first-order chi connectivity index (χ1) is 14.1. The van der Waals surface area contributed by atoms with Crippen molar-refractivity contribution in [1.82, 2.24) is 10.2 Å². The Hall–Kier alpha value is -2.40. The van der Waals surface area contributed by atoms with E-state index in [9.17, 15) is 4.79 Å². The van der Waals surface area contributed by atoms with E-state index in [4.69, 9.17) is 4.74 Å². The highest BCUT2D eigenvalue weighted by atomic mass is 19.1. The quantitative estimate of drug-likeness (QED) is 0.740. The van der Waals surface area contributed by atoms with Gasteiger partial charge in [0.2, 0.25) is 0 Å². The third-order valence-corrected chi connectivity index (χ3v) is 6.12. The highest BCUT2D eigenvalue weighted by Gasteiger charge is 2.40. The monoisotopic (exact) mass is 396 g/mol. The Morgan fingerprint density at radius 2 is 1.72 bits per heavy atom. The topological polar surface area (TPSA) is 41.6 Å². The van der Waals surface area contributed by atoms with E-state index >= 15 is 4.39 Å². The Morgan fingerprint density at radius 1 is 1.07 bits per heavy atom. The van der Waals surface area contributed by atoms with Crippen LogP contribution in [-0.4, -0.2) is 42.3 Å². The van der Waals surface area contributed by atoms with Gasteiger partial charge in [-0.25, -0.2) is 9.18 Å². The molecule has 1 saturated carbocycles. The summed E-state index contributed by atoms with van der Waals surface area (Å²) in [7, 11) is 0. The van der Waals surface area contributed by atoms with Gasteiger partial charge in [0.1, 0.15) is 12.3 Å². The van der Waals surface area contributed by atoms with E-state index < -0.39 is 5.67 Å². The van der Waals surface area contributed by atoms with Crippen molar-refractivity contribution >= 4 is 6.09 Å². The third-order valence-electron chi connectivity index (χ3n) is 6.12. The van der Waals surface area contributed by atoms with Gasteiger partial charge in [-0.3, -0.25) is 0 Å². The van der Waals surface area contributed by atoms with Crippen LogP contribution in [0.25, 0.3) is 0 Å². The number of rotatable bonds is 7. The first-order valence-electron chi connectivity index (χ1n) is 10.6.